The van der Waals surface area contributed by atoms with E-state index in [0.29, 0.717) is 0 Å². The van der Waals surface area contributed by atoms with E-state index in [9.17, 15) is 15.0 Å². The normalized spacial score (nSPS) is 13.9. The van der Waals surface area contributed by atoms with Gasteiger partial charge < -0.3 is 15.0 Å². The molecule has 0 amide bonds. The van der Waals surface area contributed by atoms with Crippen molar-refractivity contribution in [2.75, 3.05) is 0 Å². The average molecular weight is 352 g/mol. The van der Waals surface area contributed by atoms with E-state index >= 15 is 0 Å². The quantitative estimate of drug-likeness (QED) is 0.311. The van der Waals surface area contributed by atoms with E-state index in [1.54, 1.807) is 0 Å². The molecular weight excluding hydrogens is 312 g/mol. The number of aliphatic carboxylic acids is 1. The molecule has 3 heteroatoms. The number of rotatable bonds is 16. The summed E-state index contributed by atoms with van der Waals surface area (Å²) >= 11 is 0. The maximum absolute atomic E-state index is 10.3. The zero-order valence-corrected chi connectivity index (χ0v) is 16.7. The molecule has 1 unspecified atom stereocenters. The Hall–Kier alpha value is -1.09. The topological polar surface area (TPSA) is 60.4 Å². The second kappa shape index (κ2) is 16.4. The van der Waals surface area contributed by atoms with Gasteiger partial charge in [-0.05, 0) is 65.2 Å². The number of carbonyl (C=O) groups is 1. The van der Waals surface area contributed by atoms with E-state index in [1.807, 2.05) is 0 Å². The van der Waals surface area contributed by atoms with Gasteiger partial charge in [0.25, 0.3) is 0 Å². The van der Waals surface area contributed by atoms with Gasteiger partial charge in [-0.3, -0.25) is 0 Å². The predicted molar refractivity (Wildman–Crippen MR) is 104 cm³/mol. The van der Waals surface area contributed by atoms with Gasteiger partial charge in [0.2, 0.25) is 0 Å². The predicted octanol–water partition coefficient (Wildman–Crippen LogP) is 5.08. The summed E-state index contributed by atoms with van der Waals surface area (Å²) in [6.45, 7) is 6.47. The zero-order chi connectivity index (χ0) is 18.9. The van der Waals surface area contributed by atoms with Crippen molar-refractivity contribution >= 4 is 5.97 Å². The smallest absolute Gasteiger partial charge is 0.0580 e. The van der Waals surface area contributed by atoms with Crippen molar-refractivity contribution in [3.63, 3.8) is 0 Å². The maximum Gasteiger partial charge on any atom is 0.0580 e. The van der Waals surface area contributed by atoms with Crippen molar-refractivity contribution in [2.24, 2.45) is 0 Å². The first-order valence-electron chi connectivity index (χ1n) is 10.2. The summed E-state index contributed by atoms with van der Waals surface area (Å²) in [6.07, 6.45) is 16.8. The summed E-state index contributed by atoms with van der Waals surface area (Å²) in [4.78, 5) is 10.3. The van der Waals surface area contributed by atoms with Crippen LogP contribution in [0.1, 0.15) is 104 Å². The van der Waals surface area contributed by atoms with Crippen LogP contribution in [0.15, 0.2) is 23.3 Å². The number of unbranched alkanes of at least 4 members (excludes halogenated alkanes) is 6. The minimum atomic E-state index is -0.930. The van der Waals surface area contributed by atoms with E-state index in [1.165, 1.54) is 36.8 Å². The molecule has 1 atom stereocenters. The molecule has 0 rings (SSSR count). The number of hydrogen-bond donors (Lipinski definition) is 1. The molecule has 146 valence electrons. The largest absolute Gasteiger partial charge is 0.550 e. The molecule has 25 heavy (non-hydrogen) atoms. The summed E-state index contributed by atoms with van der Waals surface area (Å²) in [7, 11) is 0. The van der Waals surface area contributed by atoms with E-state index in [0.717, 1.165) is 51.4 Å². The number of hydrogen-bond acceptors (Lipinski definition) is 3. The highest BCUT2D eigenvalue weighted by atomic mass is 16.4. The van der Waals surface area contributed by atoms with E-state index < -0.39 is 5.97 Å². The van der Waals surface area contributed by atoms with Gasteiger partial charge in [0.1, 0.15) is 0 Å². The van der Waals surface area contributed by atoms with Crippen LogP contribution < -0.4 is 5.11 Å². The molecule has 0 aliphatic carbocycles. The highest BCUT2D eigenvalue weighted by Crippen LogP contribution is 2.19. The van der Waals surface area contributed by atoms with Crippen molar-refractivity contribution in [3.8, 4) is 0 Å². The molecule has 0 aromatic heterocycles. The lowest BCUT2D eigenvalue weighted by molar-refractivity contribution is -0.305. The van der Waals surface area contributed by atoms with Gasteiger partial charge in [-0.25, -0.2) is 0 Å². The Morgan fingerprint density at radius 2 is 1.48 bits per heavy atom. The third-order valence-corrected chi connectivity index (χ3v) is 4.77. The third-order valence-electron chi connectivity index (χ3n) is 4.77. The fourth-order valence-corrected chi connectivity index (χ4v) is 2.96. The fourth-order valence-electron chi connectivity index (χ4n) is 2.96. The number of aliphatic hydroxyl groups excluding tert-OH is 1. The Bertz CT molecular complexity index is 396. The summed E-state index contributed by atoms with van der Waals surface area (Å²) in [5.41, 5.74) is 2.77. The van der Waals surface area contributed by atoms with Gasteiger partial charge in [-0.1, -0.05) is 62.3 Å². The van der Waals surface area contributed by atoms with Crippen molar-refractivity contribution in [3.05, 3.63) is 23.3 Å². The van der Waals surface area contributed by atoms with Crippen molar-refractivity contribution in [2.45, 2.75) is 110 Å². The SMILES string of the molecule is CC/C=C\CCC(O)C/C(C)=C(/C)CCCCCCCCCC(=O)[O-]. The summed E-state index contributed by atoms with van der Waals surface area (Å²) in [5.74, 6) is -0.930. The fraction of sp³-hybridized carbons (Fsp3) is 0.773. The van der Waals surface area contributed by atoms with Crippen LogP contribution in [-0.4, -0.2) is 17.2 Å². The molecule has 0 saturated heterocycles. The van der Waals surface area contributed by atoms with Crippen LogP contribution in [0.3, 0.4) is 0 Å². The number of carbonyl (C=O) groups excluding carboxylic acids is 1. The van der Waals surface area contributed by atoms with Crippen LogP contribution in [0.2, 0.25) is 0 Å². The maximum atomic E-state index is 10.3. The molecule has 0 aliphatic rings. The molecule has 0 aromatic rings. The van der Waals surface area contributed by atoms with Gasteiger partial charge in [-0.15, -0.1) is 0 Å². The third kappa shape index (κ3) is 16.1. The second-order valence-electron chi connectivity index (χ2n) is 7.22. The van der Waals surface area contributed by atoms with Gasteiger partial charge >= 0.3 is 0 Å². The second-order valence-corrected chi connectivity index (χ2v) is 7.22. The lowest BCUT2D eigenvalue weighted by atomic mass is 9.97. The molecule has 0 spiro atoms. The van der Waals surface area contributed by atoms with Crippen LogP contribution in [0.25, 0.3) is 0 Å². The Kier molecular flexibility index (Phi) is 15.7. The van der Waals surface area contributed by atoms with E-state index in [2.05, 4.69) is 32.9 Å². The Morgan fingerprint density at radius 1 is 0.920 bits per heavy atom. The van der Waals surface area contributed by atoms with Crippen LogP contribution in [0.5, 0.6) is 0 Å². The van der Waals surface area contributed by atoms with Crippen molar-refractivity contribution in [1.82, 2.24) is 0 Å². The molecule has 0 aliphatic heterocycles. The Balaban J connectivity index is 3.70. The number of carboxylic acid groups (broad SMARTS) is 1. The molecule has 0 bridgehead atoms. The van der Waals surface area contributed by atoms with Crippen LogP contribution in [0.4, 0.5) is 0 Å². The standard InChI is InChI=1S/C22H40O3/c1-4-5-6-13-16-21(23)18-20(3)19(2)15-12-10-8-7-9-11-14-17-22(24)25/h5-6,21,23H,4,7-18H2,1-3H3,(H,24,25)/p-1/b6-5-,20-19-. The Labute approximate surface area is 155 Å². The molecule has 0 fully saturated rings. The van der Waals surface area contributed by atoms with Gasteiger partial charge in [0, 0.05) is 5.97 Å². The van der Waals surface area contributed by atoms with Gasteiger partial charge in [-0.2, -0.15) is 0 Å². The van der Waals surface area contributed by atoms with Gasteiger partial charge in [0.15, 0.2) is 0 Å². The van der Waals surface area contributed by atoms with Gasteiger partial charge in [0.05, 0.1) is 6.10 Å². The minimum Gasteiger partial charge on any atom is -0.550 e. The lowest BCUT2D eigenvalue weighted by Gasteiger charge is -2.13. The van der Waals surface area contributed by atoms with Crippen LogP contribution >= 0.6 is 0 Å². The molecular formula is C22H39O3-. The first-order valence-corrected chi connectivity index (χ1v) is 10.2. The first kappa shape index (κ1) is 23.9. The van der Waals surface area contributed by atoms with Crippen molar-refractivity contribution in [1.29, 1.82) is 0 Å². The summed E-state index contributed by atoms with van der Waals surface area (Å²) in [6, 6.07) is 0. The summed E-state index contributed by atoms with van der Waals surface area (Å²) in [5, 5.41) is 20.4. The monoisotopic (exact) mass is 351 g/mol. The highest BCUT2D eigenvalue weighted by molar-refractivity contribution is 5.64. The molecule has 1 N–H and O–H groups in total. The zero-order valence-electron chi connectivity index (χ0n) is 16.7. The van der Waals surface area contributed by atoms with Crippen molar-refractivity contribution < 1.29 is 15.0 Å². The minimum absolute atomic E-state index is 0.198. The molecule has 0 aromatic carbocycles. The van der Waals surface area contributed by atoms with Crippen LogP contribution in [0, 0.1) is 0 Å². The average Bonchev–Trinajstić information content (AvgIpc) is 2.56. The number of carboxylic acids is 1. The lowest BCUT2D eigenvalue weighted by Crippen LogP contribution is -2.21. The molecule has 0 radical (unpaired) electrons. The number of aliphatic hydroxyl groups is 1. The molecule has 0 heterocycles. The van der Waals surface area contributed by atoms with Crippen LogP contribution in [-0.2, 0) is 4.79 Å². The number of allylic oxidation sites excluding steroid dienone is 3. The van der Waals surface area contributed by atoms with E-state index in [4.69, 9.17) is 0 Å². The Morgan fingerprint density at radius 3 is 2.04 bits per heavy atom. The highest BCUT2D eigenvalue weighted by Gasteiger charge is 2.06. The molecule has 3 nitrogen and oxygen atoms in total. The first-order chi connectivity index (χ1) is 12.0. The van der Waals surface area contributed by atoms with E-state index in [-0.39, 0.29) is 12.5 Å². The molecule has 0 saturated carbocycles. The summed E-state index contributed by atoms with van der Waals surface area (Å²) < 4.78 is 0.